The van der Waals surface area contributed by atoms with Crippen LogP contribution in [0.15, 0.2) is 29.3 Å². The molecule has 0 atom stereocenters. The highest BCUT2D eigenvalue weighted by molar-refractivity contribution is 8.13. The van der Waals surface area contributed by atoms with Gasteiger partial charge in [0, 0.05) is 12.3 Å². The molecule has 0 unspecified atom stereocenters. The predicted molar refractivity (Wildman–Crippen MR) is 91.8 cm³/mol. The van der Waals surface area contributed by atoms with Crippen molar-refractivity contribution >= 4 is 16.9 Å². The van der Waals surface area contributed by atoms with Crippen LogP contribution < -0.4 is 5.32 Å². The highest BCUT2D eigenvalue weighted by Gasteiger charge is 2.11. The van der Waals surface area contributed by atoms with E-state index >= 15 is 0 Å². The zero-order valence-corrected chi connectivity index (χ0v) is 13.5. The van der Waals surface area contributed by atoms with E-state index in [4.69, 9.17) is 4.99 Å². The van der Waals surface area contributed by atoms with E-state index in [9.17, 15) is 0 Å². The first kappa shape index (κ1) is 14.9. The Hall–Kier alpha value is -1.00. The number of fused-ring (bicyclic) bond motifs is 1. The third-order valence-corrected chi connectivity index (χ3v) is 5.29. The summed E-state index contributed by atoms with van der Waals surface area (Å²) in [6, 6.07) is 8.59. The lowest BCUT2D eigenvalue weighted by Gasteiger charge is -2.13. The molecule has 1 N–H and O–H groups in total. The van der Waals surface area contributed by atoms with Crippen molar-refractivity contribution in [3.8, 4) is 0 Å². The van der Waals surface area contributed by atoms with E-state index in [0.29, 0.717) is 0 Å². The van der Waals surface area contributed by atoms with Crippen LogP contribution in [0.25, 0.3) is 0 Å². The summed E-state index contributed by atoms with van der Waals surface area (Å²) in [5.74, 6) is 1.18. The fraction of sp³-hybridized carbons (Fsp3) is 0.588. The average molecular weight is 303 g/mol. The Morgan fingerprint density at radius 2 is 1.90 bits per heavy atom. The second kappa shape index (κ2) is 7.85. The minimum atomic E-state index is 0.819. The molecule has 114 valence electrons. The van der Waals surface area contributed by atoms with Gasteiger partial charge in [0.15, 0.2) is 5.17 Å². The molecule has 0 bridgehead atoms. The second-order valence-electron chi connectivity index (χ2n) is 5.85. The first-order valence-corrected chi connectivity index (χ1v) is 9.10. The molecule has 4 heteroatoms. The van der Waals surface area contributed by atoms with Crippen molar-refractivity contribution < 1.29 is 0 Å². The largest absolute Gasteiger partial charge is 0.361 e. The maximum atomic E-state index is 4.70. The first-order chi connectivity index (χ1) is 10.4. The van der Waals surface area contributed by atoms with Gasteiger partial charge in [-0.1, -0.05) is 36.0 Å². The Morgan fingerprint density at radius 1 is 1.10 bits per heavy atom. The van der Waals surface area contributed by atoms with Crippen LogP contribution >= 0.6 is 11.8 Å². The monoisotopic (exact) mass is 303 g/mol. The van der Waals surface area contributed by atoms with Crippen molar-refractivity contribution in [2.75, 3.05) is 25.4 Å². The number of hydrogen-bond donors (Lipinski definition) is 1. The Labute approximate surface area is 132 Å². The summed E-state index contributed by atoms with van der Waals surface area (Å²) in [5, 5.41) is 4.59. The molecule has 2 heterocycles. The highest BCUT2D eigenvalue weighted by atomic mass is 32.2. The molecule has 0 radical (unpaired) electrons. The molecule has 1 fully saturated rings. The van der Waals surface area contributed by atoms with Gasteiger partial charge in [-0.15, -0.1) is 0 Å². The number of nitrogens with zero attached hydrogens (tertiary/aromatic N) is 2. The topological polar surface area (TPSA) is 27.6 Å². The molecule has 0 aliphatic carbocycles. The zero-order chi connectivity index (χ0) is 14.3. The van der Waals surface area contributed by atoms with Gasteiger partial charge in [-0.3, -0.25) is 4.99 Å². The van der Waals surface area contributed by atoms with E-state index in [-0.39, 0.29) is 0 Å². The molecular formula is C17H25N3S. The molecule has 3 rings (SSSR count). The van der Waals surface area contributed by atoms with E-state index in [1.807, 2.05) is 11.8 Å². The molecule has 1 aromatic carbocycles. The van der Waals surface area contributed by atoms with Crippen molar-refractivity contribution in [3.05, 3.63) is 35.4 Å². The molecule has 0 amide bonds. The molecule has 0 spiro atoms. The molecule has 2 aliphatic rings. The van der Waals surface area contributed by atoms with Gasteiger partial charge in [0.05, 0.1) is 6.54 Å². The van der Waals surface area contributed by atoms with Crippen LogP contribution in [0.3, 0.4) is 0 Å². The van der Waals surface area contributed by atoms with Crippen LogP contribution in [0.2, 0.25) is 0 Å². The van der Waals surface area contributed by atoms with Crippen LogP contribution in [0.1, 0.15) is 36.8 Å². The third-order valence-electron chi connectivity index (χ3n) is 4.25. The maximum Gasteiger partial charge on any atom is 0.157 e. The molecule has 21 heavy (non-hydrogen) atoms. The zero-order valence-electron chi connectivity index (χ0n) is 12.7. The summed E-state index contributed by atoms with van der Waals surface area (Å²) in [5.41, 5.74) is 2.74. The summed E-state index contributed by atoms with van der Waals surface area (Å²) < 4.78 is 0. The van der Waals surface area contributed by atoms with Crippen molar-refractivity contribution in [2.24, 2.45) is 4.99 Å². The Balaban J connectivity index is 1.35. The number of likely N-dealkylation sites (tertiary alicyclic amines) is 1. The number of aliphatic imine (C=N–C) groups is 1. The lowest BCUT2D eigenvalue weighted by atomic mass is 10.1. The number of nitrogens with one attached hydrogen (secondary N) is 1. The standard InChI is InChI=1S/C17H25N3S/c1-2-8-16-14-19-17(18-13-15(16)7-1)21-12-6-5-11-20-9-3-4-10-20/h1-2,7-8H,3-6,9-14H2,(H,18,19). The summed E-state index contributed by atoms with van der Waals surface area (Å²) >= 11 is 1.88. The minimum absolute atomic E-state index is 0.819. The number of amidine groups is 1. The second-order valence-corrected chi connectivity index (χ2v) is 6.93. The molecular weight excluding hydrogens is 278 g/mol. The van der Waals surface area contributed by atoms with Crippen LogP contribution in [-0.4, -0.2) is 35.5 Å². The van der Waals surface area contributed by atoms with E-state index in [2.05, 4.69) is 34.5 Å². The van der Waals surface area contributed by atoms with Gasteiger partial charge in [-0.05, 0) is 56.4 Å². The maximum absolute atomic E-state index is 4.70. The van der Waals surface area contributed by atoms with Crippen molar-refractivity contribution in [1.82, 2.24) is 10.2 Å². The highest BCUT2D eigenvalue weighted by Crippen LogP contribution is 2.16. The van der Waals surface area contributed by atoms with Gasteiger partial charge in [-0.25, -0.2) is 0 Å². The number of hydrogen-bond acceptors (Lipinski definition) is 4. The summed E-state index contributed by atoms with van der Waals surface area (Å²) in [6.07, 6.45) is 5.40. The number of unbranched alkanes of at least 4 members (excludes halogenated alkanes) is 1. The third kappa shape index (κ3) is 4.48. The van der Waals surface area contributed by atoms with Crippen molar-refractivity contribution in [3.63, 3.8) is 0 Å². The fourth-order valence-corrected chi connectivity index (χ4v) is 3.85. The van der Waals surface area contributed by atoms with E-state index in [1.165, 1.54) is 62.2 Å². The normalized spacial score (nSPS) is 18.8. The van der Waals surface area contributed by atoms with Crippen LogP contribution in [0.4, 0.5) is 0 Å². The summed E-state index contributed by atoms with van der Waals surface area (Å²) in [4.78, 5) is 7.30. The summed E-state index contributed by atoms with van der Waals surface area (Å²) in [7, 11) is 0. The Kier molecular flexibility index (Phi) is 5.58. The van der Waals surface area contributed by atoms with Gasteiger partial charge in [0.2, 0.25) is 0 Å². The van der Waals surface area contributed by atoms with Crippen LogP contribution in [0.5, 0.6) is 0 Å². The van der Waals surface area contributed by atoms with Crippen molar-refractivity contribution in [1.29, 1.82) is 0 Å². The Morgan fingerprint density at radius 3 is 2.76 bits per heavy atom. The van der Waals surface area contributed by atoms with Gasteiger partial charge >= 0.3 is 0 Å². The fourth-order valence-electron chi connectivity index (χ4n) is 2.98. The lowest BCUT2D eigenvalue weighted by Crippen LogP contribution is -2.21. The number of thioether (sulfide) groups is 1. The SMILES string of the molecule is c1ccc2c(c1)CN=C(SCCCCN1CCCC1)NC2. The van der Waals surface area contributed by atoms with E-state index < -0.39 is 0 Å². The minimum Gasteiger partial charge on any atom is -0.361 e. The molecule has 0 aromatic heterocycles. The number of benzene rings is 1. The molecule has 1 saturated heterocycles. The van der Waals surface area contributed by atoms with E-state index in [1.54, 1.807) is 0 Å². The van der Waals surface area contributed by atoms with Crippen LogP contribution in [0, 0.1) is 0 Å². The summed E-state index contributed by atoms with van der Waals surface area (Å²) in [6.45, 7) is 5.65. The average Bonchev–Trinajstić information content (AvgIpc) is 2.94. The molecule has 1 aromatic rings. The smallest absolute Gasteiger partial charge is 0.157 e. The number of rotatable bonds is 5. The quantitative estimate of drug-likeness (QED) is 0.846. The lowest BCUT2D eigenvalue weighted by molar-refractivity contribution is 0.333. The first-order valence-electron chi connectivity index (χ1n) is 8.12. The molecule has 3 nitrogen and oxygen atoms in total. The molecule has 2 aliphatic heterocycles. The van der Waals surface area contributed by atoms with E-state index in [0.717, 1.165) is 18.3 Å². The molecule has 0 saturated carbocycles. The Bertz CT molecular complexity index is 481. The van der Waals surface area contributed by atoms with Gasteiger partial charge in [0.1, 0.15) is 0 Å². The van der Waals surface area contributed by atoms with Crippen molar-refractivity contribution in [2.45, 2.75) is 38.8 Å². The van der Waals surface area contributed by atoms with Gasteiger partial charge in [0.25, 0.3) is 0 Å². The van der Waals surface area contributed by atoms with Gasteiger partial charge < -0.3 is 10.2 Å². The van der Waals surface area contributed by atoms with Gasteiger partial charge in [-0.2, -0.15) is 0 Å². The van der Waals surface area contributed by atoms with Crippen LogP contribution in [-0.2, 0) is 13.1 Å². The predicted octanol–water partition coefficient (Wildman–Crippen LogP) is 3.26.